The van der Waals surface area contributed by atoms with Gasteiger partial charge in [0.2, 0.25) is 15.9 Å². The average Bonchev–Trinajstić information content (AvgIpc) is 2.66. The largest absolute Gasteiger partial charge is 0.325 e. The Bertz CT molecular complexity index is 917. The third kappa shape index (κ3) is 4.84. The number of anilines is 1. The van der Waals surface area contributed by atoms with Gasteiger partial charge >= 0.3 is 0 Å². The number of rotatable bonds is 5. The summed E-state index contributed by atoms with van der Waals surface area (Å²) in [5.41, 5.74) is 0.414. The van der Waals surface area contributed by atoms with Crippen molar-refractivity contribution in [2.24, 2.45) is 0 Å². The Morgan fingerprint density at radius 3 is 2.37 bits per heavy atom. The van der Waals surface area contributed by atoms with Crippen molar-refractivity contribution in [1.82, 2.24) is 9.21 Å². The minimum atomic E-state index is -3.52. The maximum absolute atomic E-state index is 13.2. The monoisotopic (exact) mass is 411 g/mol. The molecule has 0 aromatic heterocycles. The Hall–Kier alpha value is -2.00. The van der Waals surface area contributed by atoms with E-state index in [0.29, 0.717) is 31.9 Å². The lowest BCUT2D eigenvalue weighted by atomic mass is 10.3. The summed E-state index contributed by atoms with van der Waals surface area (Å²) in [5, 5.41) is 2.60. The van der Waals surface area contributed by atoms with Crippen molar-refractivity contribution in [2.45, 2.75) is 4.90 Å². The van der Waals surface area contributed by atoms with Gasteiger partial charge in [-0.2, -0.15) is 4.31 Å². The molecule has 27 heavy (non-hydrogen) atoms. The molecule has 2 aromatic rings. The molecule has 1 aliphatic rings. The minimum Gasteiger partial charge on any atom is -0.325 e. The number of carbonyl (C=O) groups is 1. The predicted molar refractivity (Wildman–Crippen MR) is 102 cm³/mol. The van der Waals surface area contributed by atoms with E-state index in [4.69, 9.17) is 11.6 Å². The summed E-state index contributed by atoms with van der Waals surface area (Å²) in [5.74, 6) is -0.817. The second-order valence-electron chi connectivity index (χ2n) is 6.17. The zero-order chi connectivity index (χ0) is 19.4. The molecule has 0 radical (unpaired) electrons. The third-order valence-electron chi connectivity index (χ3n) is 4.28. The van der Waals surface area contributed by atoms with E-state index in [2.05, 4.69) is 5.32 Å². The van der Waals surface area contributed by atoms with Gasteiger partial charge in [-0.1, -0.05) is 29.8 Å². The fraction of sp³-hybridized carbons (Fsp3) is 0.278. The molecular formula is C18H19ClFN3O3S. The Morgan fingerprint density at radius 1 is 1.07 bits per heavy atom. The third-order valence-corrected chi connectivity index (χ3v) is 6.49. The van der Waals surface area contributed by atoms with E-state index in [9.17, 15) is 17.6 Å². The van der Waals surface area contributed by atoms with Crippen LogP contribution in [0.5, 0.6) is 0 Å². The predicted octanol–water partition coefficient (Wildman–Crippen LogP) is 2.42. The summed E-state index contributed by atoms with van der Waals surface area (Å²) in [6.07, 6.45) is 0. The van der Waals surface area contributed by atoms with Crippen molar-refractivity contribution in [3.05, 3.63) is 59.4 Å². The van der Waals surface area contributed by atoms with Crippen LogP contribution in [0.4, 0.5) is 10.1 Å². The molecule has 9 heteroatoms. The van der Waals surface area contributed by atoms with Crippen LogP contribution < -0.4 is 5.32 Å². The normalized spacial score (nSPS) is 16.2. The van der Waals surface area contributed by atoms with Crippen molar-refractivity contribution in [1.29, 1.82) is 0 Å². The number of halogens is 2. The summed E-state index contributed by atoms with van der Waals surface area (Å²) in [6.45, 7) is 1.64. The van der Waals surface area contributed by atoms with Crippen LogP contribution in [-0.4, -0.2) is 56.3 Å². The van der Waals surface area contributed by atoms with Crippen LogP contribution in [0.1, 0.15) is 0 Å². The lowest BCUT2D eigenvalue weighted by Gasteiger charge is -2.33. The first-order valence-corrected chi connectivity index (χ1v) is 10.2. The van der Waals surface area contributed by atoms with Gasteiger partial charge in [-0.15, -0.1) is 0 Å². The lowest BCUT2D eigenvalue weighted by molar-refractivity contribution is -0.117. The van der Waals surface area contributed by atoms with Gasteiger partial charge in [-0.05, 0) is 30.3 Å². The highest BCUT2D eigenvalue weighted by molar-refractivity contribution is 7.89. The standard InChI is InChI=1S/C18H19ClFN3O3S/c19-16-12-14(6-7-17(16)20)21-18(24)13-22-8-10-23(11-9-22)27(25,26)15-4-2-1-3-5-15/h1-7,12H,8-11,13H2,(H,21,24). The lowest BCUT2D eigenvalue weighted by Crippen LogP contribution is -2.50. The van der Waals surface area contributed by atoms with E-state index in [0.717, 1.165) is 0 Å². The summed E-state index contributed by atoms with van der Waals surface area (Å²) >= 11 is 5.70. The number of hydrogen-bond donors (Lipinski definition) is 1. The van der Waals surface area contributed by atoms with Crippen LogP contribution in [0, 0.1) is 5.82 Å². The highest BCUT2D eigenvalue weighted by atomic mass is 35.5. The van der Waals surface area contributed by atoms with E-state index in [1.54, 1.807) is 30.3 Å². The highest BCUT2D eigenvalue weighted by Crippen LogP contribution is 2.20. The molecule has 0 saturated carbocycles. The summed E-state index contributed by atoms with van der Waals surface area (Å²) in [7, 11) is -3.52. The van der Waals surface area contributed by atoms with Crippen molar-refractivity contribution < 1.29 is 17.6 Å². The molecule has 0 unspecified atom stereocenters. The van der Waals surface area contributed by atoms with E-state index in [-0.39, 0.29) is 22.4 Å². The smallest absolute Gasteiger partial charge is 0.243 e. The second kappa shape index (κ2) is 8.35. The SMILES string of the molecule is O=C(CN1CCN(S(=O)(=O)c2ccccc2)CC1)Nc1ccc(F)c(Cl)c1. The first-order valence-electron chi connectivity index (χ1n) is 8.39. The number of nitrogens with zero attached hydrogens (tertiary/aromatic N) is 2. The number of piperazine rings is 1. The Morgan fingerprint density at radius 2 is 1.74 bits per heavy atom. The summed E-state index contributed by atoms with van der Waals surface area (Å²) < 4.78 is 39.8. The van der Waals surface area contributed by atoms with Crippen molar-refractivity contribution >= 4 is 33.2 Å². The minimum absolute atomic E-state index is 0.0625. The number of sulfonamides is 1. The quantitative estimate of drug-likeness (QED) is 0.820. The van der Waals surface area contributed by atoms with Crippen molar-refractivity contribution in [3.8, 4) is 0 Å². The fourth-order valence-corrected chi connectivity index (χ4v) is 4.47. The number of hydrogen-bond acceptors (Lipinski definition) is 4. The van der Waals surface area contributed by atoms with E-state index < -0.39 is 15.8 Å². The molecule has 3 rings (SSSR count). The van der Waals surface area contributed by atoms with Gasteiger partial charge in [-0.3, -0.25) is 9.69 Å². The molecule has 1 saturated heterocycles. The van der Waals surface area contributed by atoms with Crippen LogP contribution in [0.25, 0.3) is 0 Å². The maximum atomic E-state index is 13.2. The van der Waals surface area contributed by atoms with Crippen LogP contribution in [0.15, 0.2) is 53.4 Å². The van der Waals surface area contributed by atoms with Gasteiger partial charge in [0, 0.05) is 31.9 Å². The molecule has 0 bridgehead atoms. The van der Waals surface area contributed by atoms with Crippen LogP contribution in [-0.2, 0) is 14.8 Å². The zero-order valence-electron chi connectivity index (χ0n) is 14.4. The molecule has 1 aliphatic heterocycles. The van der Waals surface area contributed by atoms with Crippen LogP contribution in [0.2, 0.25) is 5.02 Å². The molecule has 0 atom stereocenters. The van der Waals surface area contributed by atoms with Gasteiger partial charge in [0.1, 0.15) is 5.82 Å². The van der Waals surface area contributed by atoms with Gasteiger partial charge in [0.05, 0.1) is 16.5 Å². The van der Waals surface area contributed by atoms with Crippen molar-refractivity contribution in [2.75, 3.05) is 38.0 Å². The molecule has 1 heterocycles. The Balaban J connectivity index is 1.53. The van der Waals surface area contributed by atoms with Gasteiger partial charge in [0.25, 0.3) is 0 Å². The van der Waals surface area contributed by atoms with E-state index in [1.165, 1.54) is 22.5 Å². The van der Waals surface area contributed by atoms with Gasteiger partial charge < -0.3 is 5.32 Å². The van der Waals surface area contributed by atoms with Crippen molar-refractivity contribution in [3.63, 3.8) is 0 Å². The summed E-state index contributed by atoms with van der Waals surface area (Å²) in [4.78, 5) is 14.3. The van der Waals surface area contributed by atoms with Crippen LogP contribution in [0.3, 0.4) is 0 Å². The number of amides is 1. The average molecular weight is 412 g/mol. The first-order chi connectivity index (χ1) is 12.9. The molecule has 2 aromatic carbocycles. The van der Waals surface area contributed by atoms with Gasteiger partial charge in [-0.25, -0.2) is 12.8 Å². The Kier molecular flexibility index (Phi) is 6.11. The van der Waals surface area contributed by atoms with Gasteiger partial charge in [0.15, 0.2) is 0 Å². The number of benzene rings is 2. The second-order valence-corrected chi connectivity index (χ2v) is 8.52. The fourth-order valence-electron chi connectivity index (χ4n) is 2.85. The van der Waals surface area contributed by atoms with Crippen LogP contribution >= 0.6 is 11.6 Å². The maximum Gasteiger partial charge on any atom is 0.243 e. The summed E-state index contributed by atoms with van der Waals surface area (Å²) in [6, 6.07) is 12.3. The molecule has 0 aliphatic carbocycles. The van der Waals surface area contributed by atoms with E-state index in [1.807, 2.05) is 4.90 Å². The van der Waals surface area contributed by atoms with E-state index >= 15 is 0 Å². The first kappa shape index (κ1) is 19.8. The molecule has 1 N–H and O–H groups in total. The molecule has 1 amide bonds. The molecular weight excluding hydrogens is 393 g/mol. The molecule has 1 fully saturated rings. The molecule has 0 spiro atoms. The number of nitrogens with one attached hydrogen (secondary N) is 1. The highest BCUT2D eigenvalue weighted by Gasteiger charge is 2.28. The zero-order valence-corrected chi connectivity index (χ0v) is 16.0. The molecule has 6 nitrogen and oxygen atoms in total. The topological polar surface area (TPSA) is 69.7 Å². The number of carbonyl (C=O) groups excluding carboxylic acids is 1. The molecule has 144 valence electrons. The Labute approximate surface area is 162 Å².